The molecule has 0 saturated carbocycles. The van der Waals surface area contributed by atoms with E-state index >= 15 is 0 Å². The van der Waals surface area contributed by atoms with E-state index in [4.69, 9.17) is 16.3 Å². The van der Waals surface area contributed by atoms with Gasteiger partial charge in [0.1, 0.15) is 22.2 Å². The molecule has 0 fully saturated rings. The number of carbonyl (C=O) groups excluding carboxylic acids is 2. The summed E-state index contributed by atoms with van der Waals surface area (Å²) in [5.74, 6) is 0.390. The minimum atomic E-state index is -4.79. The van der Waals surface area contributed by atoms with Crippen molar-refractivity contribution in [3.63, 3.8) is 0 Å². The Labute approximate surface area is 159 Å². The molecule has 118 valence electrons. The van der Waals surface area contributed by atoms with Crippen LogP contribution in [-0.4, -0.2) is 42.3 Å². The van der Waals surface area contributed by atoms with Gasteiger partial charge in [-0.05, 0) is 24.3 Å². The Morgan fingerprint density at radius 1 is 1.35 bits per heavy atom. The summed E-state index contributed by atoms with van der Waals surface area (Å²) in [6.45, 7) is -0.256. The van der Waals surface area contributed by atoms with Crippen molar-refractivity contribution in [1.82, 2.24) is 10.2 Å². The zero-order chi connectivity index (χ0) is 16.3. The maximum atomic E-state index is 11.7. The maximum Gasteiger partial charge on any atom is 1.00 e. The van der Waals surface area contributed by atoms with Crippen molar-refractivity contribution in [1.29, 1.82) is 0 Å². The van der Waals surface area contributed by atoms with Crippen molar-refractivity contribution in [3.05, 3.63) is 41.1 Å². The Morgan fingerprint density at radius 2 is 1.96 bits per heavy atom. The molecule has 1 heterocycles. The molecule has 1 aromatic carbocycles. The van der Waals surface area contributed by atoms with Gasteiger partial charge in [-0.3, -0.25) is 9.69 Å². The summed E-state index contributed by atoms with van der Waals surface area (Å²) in [5.41, 5.74) is 0.467. The fourth-order valence-corrected chi connectivity index (χ4v) is 2.71. The van der Waals surface area contributed by atoms with Crippen LogP contribution in [0.3, 0.4) is 0 Å². The second-order valence-electron chi connectivity index (χ2n) is 4.27. The molecule has 1 atom stereocenters. The fourth-order valence-electron chi connectivity index (χ4n) is 1.63. The summed E-state index contributed by atoms with van der Waals surface area (Å²) in [6.07, 6.45) is 1.69. The Balaban J connectivity index is 0.00000264. The minimum Gasteiger partial charge on any atom is -0.746 e. The SMILES string of the molecule is O=Cc1ccc(OCN2C=C(Cl)C(S(=O)(=O)[O-])NC2=O)cc1.[Na+]. The van der Waals surface area contributed by atoms with Crippen molar-refractivity contribution in [3.8, 4) is 5.75 Å². The molecule has 0 spiro atoms. The molecule has 11 heteroatoms. The maximum absolute atomic E-state index is 11.7. The van der Waals surface area contributed by atoms with Gasteiger partial charge in [-0.15, -0.1) is 0 Å². The minimum absolute atomic E-state index is 0. The van der Waals surface area contributed by atoms with E-state index in [0.717, 1.165) is 11.1 Å². The van der Waals surface area contributed by atoms with Crippen molar-refractivity contribution >= 4 is 34.0 Å². The molecular formula is C12H10ClN2NaO6S. The van der Waals surface area contributed by atoms with E-state index in [1.807, 2.05) is 5.32 Å². The third-order valence-electron chi connectivity index (χ3n) is 2.72. The Hall–Kier alpha value is -1.10. The molecule has 1 aliphatic rings. The van der Waals surface area contributed by atoms with Gasteiger partial charge >= 0.3 is 35.6 Å². The first-order valence-corrected chi connectivity index (χ1v) is 7.73. The van der Waals surface area contributed by atoms with E-state index in [1.165, 1.54) is 24.3 Å². The molecule has 8 nitrogen and oxygen atoms in total. The number of amides is 2. The van der Waals surface area contributed by atoms with Crippen LogP contribution in [0.1, 0.15) is 10.4 Å². The van der Waals surface area contributed by atoms with Crippen molar-refractivity contribution < 1.29 is 56.9 Å². The molecule has 0 aromatic heterocycles. The first kappa shape index (κ1) is 19.9. The van der Waals surface area contributed by atoms with Crippen LogP contribution in [0.2, 0.25) is 0 Å². The summed E-state index contributed by atoms with van der Waals surface area (Å²) in [5, 5.41) is -0.169. The van der Waals surface area contributed by atoms with Gasteiger partial charge in [-0.1, -0.05) is 11.6 Å². The monoisotopic (exact) mass is 368 g/mol. The number of rotatable bonds is 5. The number of urea groups is 1. The first-order valence-electron chi connectivity index (χ1n) is 5.88. The quantitative estimate of drug-likeness (QED) is 0.359. The Morgan fingerprint density at radius 3 is 2.48 bits per heavy atom. The van der Waals surface area contributed by atoms with Gasteiger partial charge in [0.05, 0.1) is 5.03 Å². The molecule has 23 heavy (non-hydrogen) atoms. The summed E-state index contributed by atoms with van der Waals surface area (Å²) in [7, 11) is -4.79. The molecule has 1 N–H and O–H groups in total. The zero-order valence-corrected chi connectivity index (χ0v) is 15.5. The topological polar surface area (TPSA) is 116 Å². The fraction of sp³-hybridized carbons (Fsp3) is 0.167. The number of nitrogens with one attached hydrogen (secondary N) is 1. The van der Waals surface area contributed by atoms with E-state index in [1.54, 1.807) is 0 Å². The molecule has 1 unspecified atom stereocenters. The standard InChI is InChI=1S/C12H11ClN2O6S.Na/c13-10-5-15(12(17)14-11(10)22(18,19)20)7-21-9-3-1-8(6-16)2-4-9;/h1-6,11H,7H2,(H,14,17)(H,18,19,20);/q;+1/p-1. The normalized spacial score (nSPS) is 17.7. The van der Waals surface area contributed by atoms with Crippen LogP contribution in [0, 0.1) is 0 Å². The Bertz CT molecular complexity index is 722. The molecule has 2 amide bonds. The second kappa shape index (κ2) is 8.13. The van der Waals surface area contributed by atoms with E-state index in [-0.39, 0.29) is 41.3 Å². The van der Waals surface area contributed by atoms with Gasteiger partial charge < -0.3 is 14.6 Å². The van der Waals surface area contributed by atoms with Gasteiger partial charge in [0, 0.05) is 11.8 Å². The molecule has 2 rings (SSSR count). The van der Waals surface area contributed by atoms with Crippen LogP contribution in [-0.2, 0) is 10.1 Å². The summed E-state index contributed by atoms with van der Waals surface area (Å²) >= 11 is 5.68. The van der Waals surface area contributed by atoms with Crippen LogP contribution in [0.15, 0.2) is 35.5 Å². The number of ether oxygens (including phenoxy) is 1. The van der Waals surface area contributed by atoms with Crippen molar-refractivity contribution in [2.45, 2.75) is 5.37 Å². The summed E-state index contributed by atoms with van der Waals surface area (Å²) in [6, 6.07) is 5.28. The smallest absolute Gasteiger partial charge is 0.746 e. The van der Waals surface area contributed by atoms with E-state index in [2.05, 4.69) is 0 Å². The number of halogens is 1. The predicted molar refractivity (Wildman–Crippen MR) is 75.1 cm³/mol. The number of nitrogens with zero attached hydrogens (tertiary/aromatic N) is 1. The largest absolute Gasteiger partial charge is 1.00 e. The van der Waals surface area contributed by atoms with Gasteiger partial charge in [-0.25, -0.2) is 13.2 Å². The number of aldehydes is 1. The average molecular weight is 369 g/mol. The van der Waals surface area contributed by atoms with Crippen molar-refractivity contribution in [2.75, 3.05) is 6.73 Å². The first-order chi connectivity index (χ1) is 10.3. The van der Waals surface area contributed by atoms with Crippen molar-refractivity contribution in [2.24, 2.45) is 0 Å². The molecule has 1 aromatic rings. The number of carbonyl (C=O) groups is 2. The predicted octanol–water partition coefficient (Wildman–Crippen LogP) is -2.18. The van der Waals surface area contributed by atoms with E-state index in [0.29, 0.717) is 17.6 Å². The third kappa shape index (κ3) is 5.20. The molecular weight excluding hydrogens is 359 g/mol. The summed E-state index contributed by atoms with van der Waals surface area (Å²) in [4.78, 5) is 23.2. The van der Waals surface area contributed by atoms with Crippen LogP contribution in [0.5, 0.6) is 5.75 Å². The van der Waals surface area contributed by atoms with Crippen LogP contribution in [0.25, 0.3) is 0 Å². The van der Waals surface area contributed by atoms with Crippen LogP contribution < -0.4 is 39.6 Å². The second-order valence-corrected chi connectivity index (χ2v) is 6.16. The van der Waals surface area contributed by atoms with Gasteiger partial charge in [0.25, 0.3) is 0 Å². The van der Waals surface area contributed by atoms with Gasteiger partial charge in [-0.2, -0.15) is 0 Å². The van der Waals surface area contributed by atoms with Crippen LogP contribution >= 0.6 is 11.6 Å². The summed E-state index contributed by atoms with van der Waals surface area (Å²) < 4.78 is 38.0. The van der Waals surface area contributed by atoms with Crippen LogP contribution in [0.4, 0.5) is 4.79 Å². The number of benzene rings is 1. The molecule has 0 saturated heterocycles. The van der Waals surface area contributed by atoms with E-state index in [9.17, 15) is 22.6 Å². The number of hydrogen-bond acceptors (Lipinski definition) is 6. The third-order valence-corrected chi connectivity index (χ3v) is 4.11. The molecule has 0 bridgehead atoms. The van der Waals surface area contributed by atoms with Gasteiger partial charge in [0.15, 0.2) is 12.1 Å². The zero-order valence-electron chi connectivity index (χ0n) is 11.9. The van der Waals surface area contributed by atoms with Gasteiger partial charge in [0.2, 0.25) is 0 Å². The molecule has 0 radical (unpaired) electrons. The van der Waals surface area contributed by atoms with E-state index < -0.39 is 21.5 Å². The average Bonchev–Trinajstić information content (AvgIpc) is 2.47. The molecule has 0 aliphatic carbocycles. The Kier molecular flexibility index (Phi) is 7.05. The molecule has 1 aliphatic heterocycles. The number of hydrogen-bond donors (Lipinski definition) is 1.